The van der Waals surface area contributed by atoms with Gasteiger partial charge in [-0.15, -0.1) is 11.3 Å². The first-order valence-electron chi connectivity index (χ1n) is 6.47. The smallest absolute Gasteiger partial charge is 0.277 e. The van der Waals surface area contributed by atoms with Gasteiger partial charge in [0.2, 0.25) is 0 Å². The number of thiazole rings is 1. The Morgan fingerprint density at radius 3 is 2.43 bits per heavy atom. The zero-order valence-electron chi connectivity index (χ0n) is 11.5. The van der Waals surface area contributed by atoms with Crippen molar-refractivity contribution < 1.29 is 13.6 Å². The zero-order chi connectivity index (χ0) is 16.6. The highest BCUT2D eigenvalue weighted by molar-refractivity contribution is 7.17. The zero-order valence-corrected chi connectivity index (χ0v) is 13.1. The molecule has 3 nitrogen and oxygen atoms in total. The SMILES string of the molecule is NC(=O)c1nc(-c2ccc(Cl)cc2)c(-c2ccc(F)cc2F)s1. The first kappa shape index (κ1) is 15.6. The van der Waals surface area contributed by atoms with E-state index < -0.39 is 17.5 Å². The molecule has 0 aliphatic heterocycles. The number of nitrogens with two attached hydrogens (primary N) is 1. The van der Waals surface area contributed by atoms with Gasteiger partial charge in [-0.25, -0.2) is 13.8 Å². The maximum Gasteiger partial charge on any atom is 0.277 e. The van der Waals surface area contributed by atoms with Crippen LogP contribution in [0.25, 0.3) is 21.7 Å². The van der Waals surface area contributed by atoms with Gasteiger partial charge in [-0.05, 0) is 24.3 Å². The molecule has 3 rings (SSSR count). The van der Waals surface area contributed by atoms with Crippen LogP contribution in [-0.4, -0.2) is 10.9 Å². The van der Waals surface area contributed by atoms with E-state index in [1.807, 2.05) is 0 Å². The lowest BCUT2D eigenvalue weighted by Crippen LogP contribution is -2.10. The summed E-state index contributed by atoms with van der Waals surface area (Å²) in [4.78, 5) is 16.0. The molecular formula is C16H9ClF2N2OS. The average Bonchev–Trinajstić information content (AvgIpc) is 2.93. The monoisotopic (exact) mass is 350 g/mol. The number of nitrogens with zero attached hydrogens (tertiary/aromatic N) is 1. The molecule has 0 unspecified atom stereocenters. The van der Waals surface area contributed by atoms with Crippen molar-refractivity contribution in [3.63, 3.8) is 0 Å². The topological polar surface area (TPSA) is 56.0 Å². The van der Waals surface area contributed by atoms with Crippen molar-refractivity contribution in [3.8, 4) is 21.7 Å². The molecule has 2 aromatic carbocycles. The quantitative estimate of drug-likeness (QED) is 0.755. The van der Waals surface area contributed by atoms with Gasteiger partial charge in [0, 0.05) is 22.2 Å². The lowest BCUT2D eigenvalue weighted by Gasteiger charge is -2.04. The summed E-state index contributed by atoms with van der Waals surface area (Å²) in [6, 6.07) is 9.96. The van der Waals surface area contributed by atoms with Crippen LogP contribution in [0.5, 0.6) is 0 Å². The van der Waals surface area contributed by atoms with Crippen LogP contribution in [0.2, 0.25) is 5.02 Å². The summed E-state index contributed by atoms with van der Waals surface area (Å²) in [6.45, 7) is 0. The Hall–Kier alpha value is -2.31. The number of aromatic nitrogens is 1. The van der Waals surface area contributed by atoms with E-state index in [9.17, 15) is 13.6 Å². The molecule has 1 amide bonds. The van der Waals surface area contributed by atoms with Crippen LogP contribution >= 0.6 is 22.9 Å². The van der Waals surface area contributed by atoms with Crippen molar-refractivity contribution in [3.05, 3.63) is 64.1 Å². The summed E-state index contributed by atoms with van der Waals surface area (Å²) in [6.07, 6.45) is 0. The van der Waals surface area contributed by atoms with Gasteiger partial charge >= 0.3 is 0 Å². The fourth-order valence-corrected chi connectivity index (χ4v) is 3.18. The highest BCUT2D eigenvalue weighted by Crippen LogP contribution is 2.38. The van der Waals surface area contributed by atoms with Crippen molar-refractivity contribution in [1.82, 2.24) is 4.98 Å². The Morgan fingerprint density at radius 1 is 1.13 bits per heavy atom. The molecule has 0 radical (unpaired) electrons. The third-order valence-electron chi connectivity index (χ3n) is 3.13. The van der Waals surface area contributed by atoms with Crippen molar-refractivity contribution in [2.45, 2.75) is 0 Å². The highest BCUT2D eigenvalue weighted by Gasteiger charge is 2.20. The number of halogens is 3. The molecule has 1 heterocycles. The van der Waals surface area contributed by atoms with Crippen LogP contribution in [0, 0.1) is 11.6 Å². The maximum absolute atomic E-state index is 14.1. The fourth-order valence-electron chi connectivity index (χ4n) is 2.09. The number of hydrogen-bond acceptors (Lipinski definition) is 3. The summed E-state index contributed by atoms with van der Waals surface area (Å²) in [5.41, 5.74) is 6.47. The summed E-state index contributed by atoms with van der Waals surface area (Å²) in [5, 5.41) is 0.585. The molecule has 3 aromatic rings. The molecule has 7 heteroatoms. The van der Waals surface area contributed by atoms with Gasteiger partial charge in [-0.2, -0.15) is 0 Å². The lowest BCUT2D eigenvalue weighted by atomic mass is 10.1. The molecule has 0 spiro atoms. The number of rotatable bonds is 3. The molecule has 0 saturated carbocycles. The predicted molar refractivity (Wildman–Crippen MR) is 86.4 cm³/mol. The molecule has 0 atom stereocenters. The van der Waals surface area contributed by atoms with E-state index in [1.165, 1.54) is 6.07 Å². The molecule has 0 fully saturated rings. The standard InChI is InChI=1S/C16H9ClF2N2OS/c17-9-3-1-8(2-4-9)13-14(23-16(21-13)15(20)22)11-6-5-10(18)7-12(11)19/h1-7H,(H2,20,22). The van der Waals surface area contributed by atoms with E-state index in [4.69, 9.17) is 17.3 Å². The Kier molecular flexibility index (Phi) is 4.11. The van der Waals surface area contributed by atoms with Crippen LogP contribution in [0.4, 0.5) is 8.78 Å². The maximum atomic E-state index is 14.1. The number of carbonyl (C=O) groups is 1. The Bertz CT molecular complexity index is 894. The van der Waals surface area contributed by atoms with Crippen molar-refractivity contribution in [1.29, 1.82) is 0 Å². The summed E-state index contributed by atoms with van der Waals surface area (Å²) in [7, 11) is 0. The number of primary amides is 1. The van der Waals surface area contributed by atoms with Crippen molar-refractivity contribution in [2.24, 2.45) is 5.73 Å². The second kappa shape index (κ2) is 6.06. The van der Waals surface area contributed by atoms with Gasteiger partial charge in [0.1, 0.15) is 11.6 Å². The largest absolute Gasteiger partial charge is 0.364 e. The third kappa shape index (κ3) is 3.09. The van der Waals surface area contributed by atoms with Gasteiger partial charge in [-0.3, -0.25) is 4.79 Å². The first-order valence-corrected chi connectivity index (χ1v) is 7.67. The Morgan fingerprint density at radius 2 is 1.83 bits per heavy atom. The summed E-state index contributed by atoms with van der Waals surface area (Å²) in [5.74, 6) is -2.13. The molecular weight excluding hydrogens is 342 g/mol. The van der Waals surface area contributed by atoms with Crippen LogP contribution in [-0.2, 0) is 0 Å². The summed E-state index contributed by atoms with van der Waals surface area (Å²) < 4.78 is 27.2. The van der Waals surface area contributed by atoms with Crippen LogP contribution in [0.1, 0.15) is 9.80 Å². The summed E-state index contributed by atoms with van der Waals surface area (Å²) >= 11 is 6.82. The minimum Gasteiger partial charge on any atom is -0.364 e. The van der Waals surface area contributed by atoms with E-state index >= 15 is 0 Å². The lowest BCUT2D eigenvalue weighted by molar-refractivity contribution is 0.1000. The van der Waals surface area contributed by atoms with Gasteiger partial charge in [0.05, 0.1) is 10.6 Å². The minimum atomic E-state index is -0.736. The second-order valence-corrected chi connectivity index (χ2v) is 6.13. The van der Waals surface area contributed by atoms with Crippen LogP contribution in [0.15, 0.2) is 42.5 Å². The molecule has 0 aliphatic rings. The van der Waals surface area contributed by atoms with Crippen LogP contribution < -0.4 is 5.73 Å². The van der Waals surface area contributed by atoms with Gasteiger partial charge in [0.25, 0.3) is 5.91 Å². The average molecular weight is 351 g/mol. The van der Waals surface area contributed by atoms with E-state index in [-0.39, 0.29) is 10.6 Å². The Balaban J connectivity index is 2.22. The minimum absolute atomic E-state index is 0.0497. The van der Waals surface area contributed by atoms with E-state index in [0.717, 1.165) is 23.5 Å². The molecule has 0 saturated heterocycles. The number of amides is 1. The van der Waals surface area contributed by atoms with Gasteiger partial charge in [0.15, 0.2) is 5.01 Å². The van der Waals surface area contributed by atoms with Gasteiger partial charge in [-0.1, -0.05) is 23.7 Å². The number of carbonyl (C=O) groups excluding carboxylic acids is 1. The molecule has 23 heavy (non-hydrogen) atoms. The third-order valence-corrected chi connectivity index (χ3v) is 4.49. The van der Waals surface area contributed by atoms with Crippen LogP contribution in [0.3, 0.4) is 0 Å². The van der Waals surface area contributed by atoms with Gasteiger partial charge < -0.3 is 5.73 Å². The molecule has 116 valence electrons. The van der Waals surface area contributed by atoms with Crippen molar-refractivity contribution in [2.75, 3.05) is 0 Å². The predicted octanol–water partition coefficient (Wildman–Crippen LogP) is 4.51. The Labute approximate surface area is 139 Å². The molecule has 1 aromatic heterocycles. The second-order valence-electron chi connectivity index (χ2n) is 4.69. The van der Waals surface area contributed by atoms with E-state index in [2.05, 4.69) is 4.98 Å². The van der Waals surface area contributed by atoms with E-state index in [0.29, 0.717) is 21.2 Å². The van der Waals surface area contributed by atoms with Crippen molar-refractivity contribution >= 4 is 28.8 Å². The first-order chi connectivity index (χ1) is 11.0. The molecule has 2 N–H and O–H groups in total. The fraction of sp³-hybridized carbons (Fsp3) is 0. The number of hydrogen-bond donors (Lipinski definition) is 1. The van der Waals surface area contributed by atoms with E-state index in [1.54, 1.807) is 24.3 Å². The highest BCUT2D eigenvalue weighted by atomic mass is 35.5. The molecule has 0 bridgehead atoms. The number of benzene rings is 2. The molecule has 0 aliphatic carbocycles. The normalized spacial score (nSPS) is 10.7.